The SMILES string of the molecule is NC(=O)c1nsc(C(=O)N(Cc2cccnc2)[C@@H](C(=O)NCc2ccccc2)c2ccc(O)cc2)c1N. The van der Waals surface area contributed by atoms with Crippen LogP contribution in [0, 0.1) is 0 Å². The summed E-state index contributed by atoms with van der Waals surface area (Å²) < 4.78 is 3.94. The number of aromatic nitrogens is 2. The molecule has 2 aromatic heterocycles. The number of pyridine rings is 1. The maximum absolute atomic E-state index is 13.9. The molecule has 0 bridgehead atoms. The van der Waals surface area contributed by atoms with Gasteiger partial charge in [-0.25, -0.2) is 0 Å². The van der Waals surface area contributed by atoms with Crippen molar-refractivity contribution in [1.82, 2.24) is 19.6 Å². The molecule has 4 rings (SSSR count). The van der Waals surface area contributed by atoms with Crippen molar-refractivity contribution < 1.29 is 19.5 Å². The van der Waals surface area contributed by atoms with Crippen LogP contribution in [0.5, 0.6) is 5.75 Å². The lowest BCUT2D eigenvalue weighted by molar-refractivity contribution is -0.126. The van der Waals surface area contributed by atoms with E-state index in [1.54, 1.807) is 36.7 Å². The summed E-state index contributed by atoms with van der Waals surface area (Å²) >= 11 is 0.734. The minimum Gasteiger partial charge on any atom is -0.508 e. The van der Waals surface area contributed by atoms with Crippen molar-refractivity contribution in [2.45, 2.75) is 19.1 Å². The van der Waals surface area contributed by atoms with E-state index in [-0.39, 0.29) is 35.1 Å². The first-order chi connectivity index (χ1) is 17.8. The monoisotopic (exact) mass is 516 g/mol. The molecule has 0 aliphatic carbocycles. The van der Waals surface area contributed by atoms with Crippen molar-refractivity contribution in [3.8, 4) is 5.75 Å². The Morgan fingerprint density at radius 1 is 1.00 bits per heavy atom. The molecule has 0 saturated heterocycles. The number of hydrogen-bond donors (Lipinski definition) is 4. The fourth-order valence-corrected chi connectivity index (χ4v) is 4.50. The number of carbonyl (C=O) groups excluding carboxylic acids is 3. The van der Waals surface area contributed by atoms with Gasteiger partial charge in [0.25, 0.3) is 11.8 Å². The number of hydrogen-bond acceptors (Lipinski definition) is 8. The Bertz CT molecular complexity index is 1390. The molecule has 10 nitrogen and oxygen atoms in total. The van der Waals surface area contributed by atoms with E-state index in [4.69, 9.17) is 11.5 Å². The average molecular weight is 517 g/mol. The molecule has 0 fully saturated rings. The van der Waals surface area contributed by atoms with Gasteiger partial charge in [-0.1, -0.05) is 48.5 Å². The zero-order valence-electron chi connectivity index (χ0n) is 19.6. The van der Waals surface area contributed by atoms with Crippen LogP contribution in [-0.4, -0.2) is 37.1 Å². The number of nitrogen functional groups attached to an aromatic ring is 1. The highest BCUT2D eigenvalue weighted by molar-refractivity contribution is 7.09. The summed E-state index contributed by atoms with van der Waals surface area (Å²) in [7, 11) is 0. The van der Waals surface area contributed by atoms with E-state index in [1.807, 2.05) is 30.3 Å². The number of nitrogens with two attached hydrogens (primary N) is 2. The zero-order chi connectivity index (χ0) is 26.4. The van der Waals surface area contributed by atoms with Crippen LogP contribution in [0.25, 0.3) is 0 Å². The lowest BCUT2D eigenvalue weighted by Gasteiger charge is -2.31. The summed E-state index contributed by atoms with van der Waals surface area (Å²) in [5.41, 5.74) is 13.0. The van der Waals surface area contributed by atoms with Crippen LogP contribution in [0.3, 0.4) is 0 Å². The number of anilines is 1. The molecule has 0 radical (unpaired) electrons. The van der Waals surface area contributed by atoms with Gasteiger partial charge in [-0.3, -0.25) is 19.4 Å². The summed E-state index contributed by atoms with van der Waals surface area (Å²) in [5.74, 6) is -1.92. The topological polar surface area (TPSA) is 165 Å². The zero-order valence-corrected chi connectivity index (χ0v) is 20.4. The Kier molecular flexibility index (Phi) is 7.74. The summed E-state index contributed by atoms with van der Waals surface area (Å²) in [4.78, 5) is 44.7. The lowest BCUT2D eigenvalue weighted by Crippen LogP contribution is -2.43. The van der Waals surface area contributed by atoms with Gasteiger partial charge in [0.1, 0.15) is 16.7 Å². The minimum atomic E-state index is -1.12. The number of nitrogens with one attached hydrogen (secondary N) is 1. The molecule has 2 heterocycles. The van der Waals surface area contributed by atoms with E-state index in [0.717, 1.165) is 17.1 Å². The standard InChI is InChI=1S/C26H24N6O4S/c27-20-21(24(28)34)31-37-23(20)26(36)32(15-17-7-4-12-29-13-17)22(18-8-10-19(33)11-9-18)25(35)30-14-16-5-2-1-3-6-16/h1-13,22,33H,14-15,27H2,(H2,28,34)(H,30,35)/t22-/m1/s1. The van der Waals surface area contributed by atoms with Crippen molar-refractivity contribution in [3.05, 3.63) is 106 Å². The summed E-state index contributed by atoms with van der Waals surface area (Å²) in [6, 6.07) is 17.7. The Balaban J connectivity index is 1.76. The van der Waals surface area contributed by atoms with E-state index in [0.29, 0.717) is 11.1 Å². The second-order valence-corrected chi connectivity index (χ2v) is 8.90. The third-order valence-corrected chi connectivity index (χ3v) is 6.42. The lowest BCUT2D eigenvalue weighted by atomic mass is 10.0. The smallest absolute Gasteiger partial charge is 0.270 e. The van der Waals surface area contributed by atoms with Crippen molar-refractivity contribution in [2.75, 3.05) is 5.73 Å². The van der Waals surface area contributed by atoms with E-state index in [2.05, 4.69) is 14.7 Å². The van der Waals surface area contributed by atoms with E-state index in [1.165, 1.54) is 17.0 Å². The van der Waals surface area contributed by atoms with Gasteiger partial charge in [-0.05, 0) is 46.4 Å². The molecule has 0 unspecified atom stereocenters. The van der Waals surface area contributed by atoms with Gasteiger partial charge in [0, 0.05) is 25.5 Å². The van der Waals surface area contributed by atoms with Gasteiger partial charge < -0.3 is 26.8 Å². The van der Waals surface area contributed by atoms with Gasteiger partial charge in [0.15, 0.2) is 5.69 Å². The quantitative estimate of drug-likeness (QED) is 0.265. The molecule has 0 spiro atoms. The molecular formula is C26H24N6O4S. The maximum atomic E-state index is 13.9. The number of primary amides is 1. The average Bonchev–Trinajstić information content (AvgIpc) is 3.30. The van der Waals surface area contributed by atoms with Crippen LogP contribution >= 0.6 is 11.5 Å². The van der Waals surface area contributed by atoms with Gasteiger partial charge in [-0.2, -0.15) is 4.37 Å². The number of carbonyl (C=O) groups is 3. The predicted octanol–water partition coefficient (Wildman–Crippen LogP) is 2.62. The number of aromatic hydroxyl groups is 1. The number of amides is 3. The molecule has 11 heteroatoms. The Hall–Kier alpha value is -4.77. The van der Waals surface area contributed by atoms with E-state index >= 15 is 0 Å². The van der Waals surface area contributed by atoms with Crippen molar-refractivity contribution >= 4 is 34.9 Å². The molecule has 0 aliphatic rings. The number of rotatable bonds is 9. The van der Waals surface area contributed by atoms with Crippen molar-refractivity contribution in [2.24, 2.45) is 5.73 Å². The maximum Gasteiger partial charge on any atom is 0.270 e. The summed E-state index contributed by atoms with van der Waals surface area (Å²) in [6.07, 6.45) is 3.18. The Morgan fingerprint density at radius 3 is 2.32 bits per heavy atom. The largest absolute Gasteiger partial charge is 0.508 e. The first-order valence-electron chi connectivity index (χ1n) is 11.2. The van der Waals surface area contributed by atoms with Crippen LogP contribution < -0.4 is 16.8 Å². The number of benzene rings is 2. The van der Waals surface area contributed by atoms with Gasteiger partial charge in [0.2, 0.25) is 5.91 Å². The second kappa shape index (κ2) is 11.3. The van der Waals surface area contributed by atoms with E-state index < -0.39 is 23.8 Å². The molecule has 1 atom stereocenters. The van der Waals surface area contributed by atoms with Crippen molar-refractivity contribution in [3.63, 3.8) is 0 Å². The van der Waals surface area contributed by atoms with Crippen LogP contribution in [-0.2, 0) is 17.9 Å². The Labute approximate surface area is 216 Å². The number of phenols is 1. The van der Waals surface area contributed by atoms with Gasteiger partial charge in [0.05, 0.1) is 5.69 Å². The molecule has 0 aliphatic heterocycles. The van der Waals surface area contributed by atoms with Crippen LogP contribution in [0.1, 0.15) is 42.9 Å². The molecule has 188 valence electrons. The number of phenolic OH excluding ortho intramolecular Hbond substituents is 1. The molecule has 3 amide bonds. The third-order valence-electron chi connectivity index (χ3n) is 5.57. The molecular weight excluding hydrogens is 492 g/mol. The molecule has 0 saturated carbocycles. The molecule has 6 N–H and O–H groups in total. The van der Waals surface area contributed by atoms with Crippen LogP contribution in [0.4, 0.5) is 5.69 Å². The molecule has 2 aromatic carbocycles. The predicted molar refractivity (Wildman–Crippen MR) is 138 cm³/mol. The van der Waals surface area contributed by atoms with Gasteiger partial charge in [-0.15, -0.1) is 0 Å². The van der Waals surface area contributed by atoms with Crippen LogP contribution in [0.15, 0.2) is 79.1 Å². The van der Waals surface area contributed by atoms with Crippen molar-refractivity contribution in [1.29, 1.82) is 0 Å². The third kappa shape index (κ3) is 5.90. The minimum absolute atomic E-state index is 0.000216. The highest BCUT2D eigenvalue weighted by Gasteiger charge is 2.35. The molecule has 37 heavy (non-hydrogen) atoms. The van der Waals surface area contributed by atoms with Gasteiger partial charge >= 0.3 is 0 Å². The number of nitrogens with zero attached hydrogens (tertiary/aromatic N) is 3. The highest BCUT2D eigenvalue weighted by atomic mass is 32.1. The van der Waals surface area contributed by atoms with E-state index in [9.17, 15) is 19.5 Å². The second-order valence-electron chi connectivity index (χ2n) is 8.13. The Morgan fingerprint density at radius 2 is 1.70 bits per heavy atom. The summed E-state index contributed by atoms with van der Waals surface area (Å²) in [5, 5.41) is 12.7. The first-order valence-corrected chi connectivity index (χ1v) is 12.0. The normalized spacial score (nSPS) is 11.5. The van der Waals surface area contributed by atoms with Crippen LogP contribution in [0.2, 0.25) is 0 Å². The molecule has 4 aromatic rings. The summed E-state index contributed by atoms with van der Waals surface area (Å²) in [6.45, 7) is 0.234. The highest BCUT2D eigenvalue weighted by Crippen LogP contribution is 2.31. The fraction of sp³-hybridized carbons (Fsp3) is 0.115. The fourth-order valence-electron chi connectivity index (χ4n) is 3.74. The first kappa shape index (κ1) is 25.3.